The number of aromatic nitrogens is 1. The lowest BCUT2D eigenvalue weighted by molar-refractivity contribution is -0.144. The van der Waals surface area contributed by atoms with E-state index in [1.807, 2.05) is 36.4 Å². The van der Waals surface area contributed by atoms with Crippen LogP contribution in [0.15, 0.2) is 42.5 Å². The number of nitrogens with zero attached hydrogens (tertiary/aromatic N) is 1. The molecule has 0 bridgehead atoms. The summed E-state index contributed by atoms with van der Waals surface area (Å²) in [7, 11) is 0. The van der Waals surface area contributed by atoms with Crippen LogP contribution in [0, 0.1) is 0 Å². The lowest BCUT2D eigenvalue weighted by atomic mass is 10.1. The number of aliphatic hydroxyl groups excluding tert-OH is 1. The predicted molar refractivity (Wildman–Crippen MR) is 85.7 cm³/mol. The highest BCUT2D eigenvalue weighted by molar-refractivity contribution is 5.94. The zero-order chi connectivity index (χ0) is 16.4. The maximum atomic E-state index is 12.2. The predicted octanol–water partition coefficient (Wildman–Crippen LogP) is 1.00. The van der Waals surface area contributed by atoms with E-state index in [9.17, 15) is 14.7 Å². The number of hydrogen-bond acceptors (Lipinski definition) is 3. The van der Waals surface area contributed by atoms with Gasteiger partial charge in [-0.05, 0) is 24.6 Å². The summed E-state index contributed by atoms with van der Waals surface area (Å²) in [5.41, 5.74) is 2.39. The van der Waals surface area contributed by atoms with E-state index in [-0.39, 0.29) is 17.9 Å². The Labute approximate surface area is 134 Å². The molecule has 0 radical (unpaired) electrons. The number of aliphatic hydroxyl groups is 1. The maximum absolute atomic E-state index is 12.2. The van der Waals surface area contributed by atoms with E-state index in [0.29, 0.717) is 18.8 Å². The van der Waals surface area contributed by atoms with Crippen LogP contribution in [0.2, 0.25) is 0 Å². The monoisotopic (exact) mass is 313 g/mol. The van der Waals surface area contributed by atoms with E-state index in [1.165, 1.54) is 11.8 Å². The summed E-state index contributed by atoms with van der Waals surface area (Å²) in [5, 5.41) is 12.1. The zero-order valence-corrected chi connectivity index (χ0v) is 12.8. The third-order valence-electron chi connectivity index (χ3n) is 3.90. The first kappa shape index (κ1) is 15.3. The molecule has 1 aromatic heterocycles. The molecule has 3 rings (SSSR count). The van der Waals surface area contributed by atoms with Crippen LogP contribution < -0.4 is 5.32 Å². The van der Waals surface area contributed by atoms with Gasteiger partial charge in [-0.15, -0.1) is 0 Å². The van der Waals surface area contributed by atoms with Crippen molar-refractivity contribution in [2.45, 2.75) is 19.1 Å². The molecular weight excluding hydrogens is 294 g/mol. The first-order chi connectivity index (χ1) is 11.0. The molecule has 2 heterocycles. The fourth-order valence-electron chi connectivity index (χ4n) is 2.59. The van der Waals surface area contributed by atoms with Crippen molar-refractivity contribution >= 4 is 11.8 Å². The fourth-order valence-corrected chi connectivity index (χ4v) is 2.59. The van der Waals surface area contributed by atoms with Gasteiger partial charge in [-0.25, -0.2) is 0 Å². The zero-order valence-electron chi connectivity index (χ0n) is 12.8. The fraction of sp³-hybridized carbons (Fsp3) is 0.294. The smallest absolute Gasteiger partial charge is 0.268 e. The summed E-state index contributed by atoms with van der Waals surface area (Å²) in [6.07, 6.45) is -0.997. The van der Waals surface area contributed by atoms with Gasteiger partial charge in [0.1, 0.15) is 11.8 Å². The second-order valence-electron chi connectivity index (χ2n) is 5.74. The molecule has 0 aliphatic carbocycles. The molecule has 1 aromatic carbocycles. The van der Waals surface area contributed by atoms with Gasteiger partial charge in [0.2, 0.25) is 0 Å². The average Bonchev–Trinajstić information content (AvgIpc) is 3.00. The molecule has 0 spiro atoms. The molecule has 1 aliphatic rings. The third-order valence-corrected chi connectivity index (χ3v) is 3.90. The number of aromatic amines is 1. The van der Waals surface area contributed by atoms with E-state index in [0.717, 1.165) is 11.3 Å². The molecule has 1 saturated heterocycles. The molecule has 1 atom stereocenters. The summed E-state index contributed by atoms with van der Waals surface area (Å²) in [6, 6.07) is 13.3. The standard InChI is InChI=1S/C17H19N3O3/c1-11(21)17(23)20-9-13(10-20)18-16(22)15-8-7-14(19-15)12-5-3-2-4-6-12/h2-8,11,13,19,21H,9-10H2,1H3,(H,18,22)/t11-/m1/s1. The van der Waals surface area contributed by atoms with E-state index in [4.69, 9.17) is 0 Å². The number of benzene rings is 1. The van der Waals surface area contributed by atoms with Gasteiger partial charge in [0.25, 0.3) is 11.8 Å². The molecule has 3 N–H and O–H groups in total. The normalized spacial score (nSPS) is 15.8. The number of likely N-dealkylation sites (tertiary alicyclic amines) is 1. The first-order valence-corrected chi connectivity index (χ1v) is 7.57. The molecule has 2 aromatic rings. The van der Waals surface area contributed by atoms with Gasteiger partial charge in [-0.2, -0.15) is 0 Å². The Kier molecular flexibility index (Phi) is 4.16. The van der Waals surface area contributed by atoms with Crippen molar-refractivity contribution in [2.75, 3.05) is 13.1 Å². The number of amides is 2. The quantitative estimate of drug-likeness (QED) is 0.787. The molecule has 0 saturated carbocycles. The number of rotatable bonds is 4. The summed E-state index contributed by atoms with van der Waals surface area (Å²) < 4.78 is 0. The molecule has 1 aliphatic heterocycles. The SMILES string of the molecule is C[C@@H](O)C(=O)N1CC(NC(=O)c2ccc(-c3ccccc3)[nH]2)C1. The second kappa shape index (κ2) is 6.26. The van der Waals surface area contributed by atoms with Gasteiger partial charge in [0.15, 0.2) is 0 Å². The maximum Gasteiger partial charge on any atom is 0.268 e. The minimum atomic E-state index is -0.997. The molecular formula is C17H19N3O3. The van der Waals surface area contributed by atoms with Crippen LogP contribution in [0.4, 0.5) is 0 Å². The summed E-state index contributed by atoms with van der Waals surface area (Å²) >= 11 is 0. The van der Waals surface area contributed by atoms with Gasteiger partial charge in [-0.3, -0.25) is 9.59 Å². The molecule has 6 heteroatoms. The Balaban J connectivity index is 1.56. The van der Waals surface area contributed by atoms with Crippen LogP contribution in [-0.2, 0) is 4.79 Å². The van der Waals surface area contributed by atoms with Crippen LogP contribution in [-0.4, -0.2) is 52.0 Å². The second-order valence-corrected chi connectivity index (χ2v) is 5.74. The minimum absolute atomic E-state index is 0.0753. The number of carbonyl (C=O) groups excluding carboxylic acids is 2. The van der Waals surface area contributed by atoms with Crippen molar-refractivity contribution in [3.63, 3.8) is 0 Å². The Morgan fingerprint density at radius 3 is 2.57 bits per heavy atom. The van der Waals surface area contributed by atoms with E-state index in [2.05, 4.69) is 10.3 Å². The highest BCUT2D eigenvalue weighted by Crippen LogP contribution is 2.18. The van der Waals surface area contributed by atoms with Crippen LogP contribution in [0.25, 0.3) is 11.3 Å². The Morgan fingerprint density at radius 2 is 1.91 bits per heavy atom. The summed E-state index contributed by atoms with van der Waals surface area (Å²) in [6.45, 7) is 2.31. The van der Waals surface area contributed by atoms with Crippen molar-refractivity contribution in [1.82, 2.24) is 15.2 Å². The van der Waals surface area contributed by atoms with E-state index < -0.39 is 6.10 Å². The van der Waals surface area contributed by atoms with Gasteiger partial charge in [0, 0.05) is 18.8 Å². The van der Waals surface area contributed by atoms with E-state index in [1.54, 1.807) is 6.07 Å². The molecule has 6 nitrogen and oxygen atoms in total. The lowest BCUT2D eigenvalue weighted by Crippen LogP contribution is -2.62. The Morgan fingerprint density at radius 1 is 1.22 bits per heavy atom. The van der Waals surface area contributed by atoms with Gasteiger partial charge >= 0.3 is 0 Å². The number of nitrogens with one attached hydrogen (secondary N) is 2. The Hall–Kier alpha value is -2.60. The van der Waals surface area contributed by atoms with Gasteiger partial charge < -0.3 is 20.3 Å². The topological polar surface area (TPSA) is 85.4 Å². The highest BCUT2D eigenvalue weighted by Gasteiger charge is 2.33. The Bertz CT molecular complexity index is 703. The van der Waals surface area contributed by atoms with Crippen molar-refractivity contribution in [3.8, 4) is 11.3 Å². The summed E-state index contributed by atoms with van der Waals surface area (Å²) in [4.78, 5) is 28.4. The molecule has 23 heavy (non-hydrogen) atoms. The van der Waals surface area contributed by atoms with Crippen LogP contribution in [0.1, 0.15) is 17.4 Å². The molecule has 1 fully saturated rings. The molecule has 2 amide bonds. The largest absolute Gasteiger partial charge is 0.384 e. The average molecular weight is 313 g/mol. The first-order valence-electron chi connectivity index (χ1n) is 7.57. The van der Waals surface area contributed by atoms with E-state index >= 15 is 0 Å². The van der Waals surface area contributed by atoms with Crippen molar-refractivity contribution < 1.29 is 14.7 Å². The van der Waals surface area contributed by atoms with Crippen LogP contribution in [0.3, 0.4) is 0 Å². The highest BCUT2D eigenvalue weighted by atomic mass is 16.3. The van der Waals surface area contributed by atoms with Crippen LogP contribution in [0.5, 0.6) is 0 Å². The van der Waals surface area contributed by atoms with Crippen LogP contribution >= 0.6 is 0 Å². The third kappa shape index (κ3) is 3.27. The molecule has 0 unspecified atom stereocenters. The van der Waals surface area contributed by atoms with Crippen molar-refractivity contribution in [2.24, 2.45) is 0 Å². The molecule has 120 valence electrons. The number of carbonyl (C=O) groups is 2. The van der Waals surface area contributed by atoms with Gasteiger partial charge in [-0.1, -0.05) is 30.3 Å². The number of H-pyrrole nitrogens is 1. The van der Waals surface area contributed by atoms with Gasteiger partial charge in [0.05, 0.1) is 6.04 Å². The van der Waals surface area contributed by atoms with Crippen molar-refractivity contribution in [1.29, 1.82) is 0 Å². The number of hydrogen-bond donors (Lipinski definition) is 3. The van der Waals surface area contributed by atoms with Crippen molar-refractivity contribution in [3.05, 3.63) is 48.2 Å². The minimum Gasteiger partial charge on any atom is -0.384 e. The lowest BCUT2D eigenvalue weighted by Gasteiger charge is -2.40. The summed E-state index contributed by atoms with van der Waals surface area (Å²) in [5.74, 6) is -0.497.